The van der Waals surface area contributed by atoms with Crippen LogP contribution in [0.5, 0.6) is 0 Å². The van der Waals surface area contributed by atoms with Gasteiger partial charge in [-0.25, -0.2) is 0 Å². The first kappa shape index (κ1) is 11.5. The van der Waals surface area contributed by atoms with Gasteiger partial charge in [-0.3, -0.25) is 0 Å². The molecule has 0 saturated carbocycles. The maximum absolute atomic E-state index is 8.42. The molecule has 0 aromatic carbocycles. The number of alkyl halides is 2. The van der Waals surface area contributed by atoms with E-state index in [-0.39, 0.29) is 0 Å². The van der Waals surface area contributed by atoms with Crippen LogP contribution in [0.2, 0.25) is 0 Å². The van der Waals surface area contributed by atoms with Crippen LogP contribution in [0.15, 0.2) is 12.3 Å². The van der Waals surface area contributed by atoms with E-state index in [1.165, 1.54) is 19.3 Å². The van der Waals surface area contributed by atoms with Gasteiger partial charge in [-0.1, -0.05) is 44.7 Å². The topological polar surface area (TPSA) is 20.2 Å². The molecule has 0 rings (SSSR count). The summed E-state index contributed by atoms with van der Waals surface area (Å²) in [7, 11) is 0. The molecule has 0 aliphatic rings. The first-order valence-electron chi connectivity index (χ1n) is 3.82. The van der Waals surface area contributed by atoms with Crippen molar-refractivity contribution in [3.05, 3.63) is 12.3 Å². The quantitative estimate of drug-likeness (QED) is 0.447. The normalized spacial score (nSPS) is 14.0. The first-order chi connectivity index (χ1) is 5.31. The van der Waals surface area contributed by atoms with Crippen LogP contribution in [0, 0.1) is 0 Å². The zero-order chi connectivity index (χ0) is 8.53. The van der Waals surface area contributed by atoms with Crippen molar-refractivity contribution in [3.63, 3.8) is 0 Å². The molecular weight excluding hydrogens is 272 g/mol. The molecule has 1 unspecified atom stereocenters. The van der Waals surface area contributed by atoms with Crippen molar-refractivity contribution < 1.29 is 5.11 Å². The van der Waals surface area contributed by atoms with E-state index >= 15 is 0 Å². The van der Waals surface area contributed by atoms with Crippen molar-refractivity contribution in [1.29, 1.82) is 0 Å². The lowest BCUT2D eigenvalue weighted by Gasteiger charge is -2.01. The smallest absolute Gasteiger partial charge is 0.0762 e. The summed E-state index contributed by atoms with van der Waals surface area (Å²) in [5.41, 5.74) is 0. The van der Waals surface area contributed by atoms with Crippen LogP contribution in [0.3, 0.4) is 0 Å². The average molecular weight is 286 g/mol. The molecule has 0 amide bonds. The van der Waals surface area contributed by atoms with E-state index in [4.69, 9.17) is 5.11 Å². The first-order valence-corrected chi connectivity index (χ1v) is 5.86. The molecule has 66 valence electrons. The number of hydrogen-bond donors (Lipinski definition) is 1. The monoisotopic (exact) mass is 284 g/mol. The minimum absolute atomic E-state index is 0.336. The van der Waals surface area contributed by atoms with Crippen molar-refractivity contribution in [2.45, 2.75) is 30.5 Å². The molecule has 0 aromatic rings. The Kier molecular flexibility index (Phi) is 8.99. The lowest BCUT2D eigenvalue weighted by molar-refractivity contribution is 0.470. The second-order valence-corrected chi connectivity index (χ2v) is 4.36. The van der Waals surface area contributed by atoms with Gasteiger partial charge in [-0.15, -0.1) is 0 Å². The Morgan fingerprint density at radius 3 is 2.55 bits per heavy atom. The predicted molar refractivity (Wildman–Crippen MR) is 56.7 cm³/mol. The molecule has 1 atom stereocenters. The highest BCUT2D eigenvalue weighted by atomic mass is 79.9. The molecule has 0 aromatic heterocycles. The number of halogens is 2. The average Bonchev–Trinajstić information content (AvgIpc) is 1.99. The van der Waals surface area contributed by atoms with Gasteiger partial charge in [0.1, 0.15) is 0 Å². The third-order valence-electron chi connectivity index (χ3n) is 1.41. The van der Waals surface area contributed by atoms with E-state index < -0.39 is 0 Å². The van der Waals surface area contributed by atoms with Gasteiger partial charge in [0.15, 0.2) is 0 Å². The second-order valence-electron chi connectivity index (χ2n) is 2.40. The summed E-state index contributed by atoms with van der Waals surface area (Å²) in [6.07, 6.45) is 7.67. The number of unbranched alkanes of at least 4 members (excludes halogenated alkanes) is 2. The fourth-order valence-electron chi connectivity index (χ4n) is 0.800. The Balaban J connectivity index is 3.10. The molecule has 0 spiro atoms. The molecule has 0 aliphatic heterocycles. The Bertz CT molecular complexity index is 104. The summed E-state index contributed by atoms with van der Waals surface area (Å²) in [5, 5.41) is 9.51. The van der Waals surface area contributed by atoms with Crippen molar-refractivity contribution in [2.24, 2.45) is 0 Å². The van der Waals surface area contributed by atoms with Crippen molar-refractivity contribution in [2.75, 3.05) is 5.33 Å². The summed E-state index contributed by atoms with van der Waals surface area (Å²) in [4.78, 5) is 0.336. The molecule has 0 saturated heterocycles. The third-order valence-corrected chi connectivity index (χ3v) is 2.73. The SMILES string of the molecule is OC=CC(Br)CCCCCBr. The van der Waals surface area contributed by atoms with E-state index in [1.807, 2.05) is 0 Å². The third kappa shape index (κ3) is 8.41. The van der Waals surface area contributed by atoms with Crippen molar-refractivity contribution >= 4 is 31.9 Å². The van der Waals surface area contributed by atoms with Gasteiger partial charge in [0.2, 0.25) is 0 Å². The van der Waals surface area contributed by atoms with Crippen molar-refractivity contribution in [3.8, 4) is 0 Å². The molecule has 11 heavy (non-hydrogen) atoms. The minimum atomic E-state index is 0.336. The van der Waals surface area contributed by atoms with E-state index in [0.717, 1.165) is 18.0 Å². The maximum atomic E-state index is 8.42. The van der Waals surface area contributed by atoms with Crippen LogP contribution in [0.4, 0.5) is 0 Å². The van der Waals surface area contributed by atoms with E-state index in [0.29, 0.717) is 4.83 Å². The van der Waals surface area contributed by atoms with Gasteiger partial charge in [0.05, 0.1) is 6.26 Å². The Labute approximate surface area is 85.1 Å². The van der Waals surface area contributed by atoms with Gasteiger partial charge < -0.3 is 5.11 Å². The van der Waals surface area contributed by atoms with Crippen LogP contribution in [-0.4, -0.2) is 15.3 Å². The summed E-state index contributed by atoms with van der Waals surface area (Å²) in [6, 6.07) is 0. The predicted octanol–water partition coefficient (Wildman–Crippen LogP) is 3.78. The minimum Gasteiger partial charge on any atom is -0.516 e. The molecule has 0 bridgehead atoms. The Hall–Kier alpha value is 0.500. The van der Waals surface area contributed by atoms with Gasteiger partial charge >= 0.3 is 0 Å². The number of allylic oxidation sites excluding steroid dienone is 1. The number of aliphatic hydroxyl groups excluding tert-OH is 1. The molecule has 1 nitrogen and oxygen atoms in total. The lowest BCUT2D eigenvalue weighted by Crippen LogP contribution is -1.92. The highest BCUT2D eigenvalue weighted by Crippen LogP contribution is 2.12. The molecule has 0 fully saturated rings. The molecule has 0 heterocycles. The number of hydrogen-bond acceptors (Lipinski definition) is 1. The standard InChI is InChI=1S/C8H14Br2O/c9-6-3-1-2-4-8(10)5-7-11/h5,7-8,11H,1-4,6H2. The maximum Gasteiger partial charge on any atom is 0.0762 e. The van der Waals surface area contributed by atoms with Crippen LogP contribution in [-0.2, 0) is 0 Å². The molecule has 3 heteroatoms. The zero-order valence-electron chi connectivity index (χ0n) is 6.47. The highest BCUT2D eigenvalue weighted by Gasteiger charge is 1.97. The highest BCUT2D eigenvalue weighted by molar-refractivity contribution is 9.09. The molecule has 1 N–H and O–H groups in total. The Morgan fingerprint density at radius 2 is 2.00 bits per heavy atom. The lowest BCUT2D eigenvalue weighted by atomic mass is 10.1. The molecular formula is C8H14Br2O. The summed E-state index contributed by atoms with van der Waals surface area (Å²) in [6.45, 7) is 0. The fourth-order valence-corrected chi connectivity index (χ4v) is 1.66. The van der Waals surface area contributed by atoms with Crippen molar-refractivity contribution in [1.82, 2.24) is 0 Å². The summed E-state index contributed by atoms with van der Waals surface area (Å²) in [5.74, 6) is 0. The van der Waals surface area contributed by atoms with E-state index in [1.54, 1.807) is 6.08 Å². The van der Waals surface area contributed by atoms with Crippen LogP contribution in [0.1, 0.15) is 25.7 Å². The number of aliphatic hydroxyl groups is 1. The molecule has 0 aliphatic carbocycles. The fraction of sp³-hybridized carbons (Fsp3) is 0.750. The second kappa shape index (κ2) is 8.60. The van der Waals surface area contributed by atoms with Gasteiger partial charge in [0, 0.05) is 10.2 Å². The van der Waals surface area contributed by atoms with Crippen LogP contribution in [0.25, 0.3) is 0 Å². The summed E-state index contributed by atoms with van der Waals surface area (Å²) >= 11 is 6.81. The Morgan fingerprint density at radius 1 is 1.27 bits per heavy atom. The molecule has 0 radical (unpaired) electrons. The van der Waals surface area contributed by atoms with E-state index in [2.05, 4.69) is 31.9 Å². The van der Waals surface area contributed by atoms with Gasteiger partial charge in [-0.2, -0.15) is 0 Å². The number of rotatable bonds is 6. The van der Waals surface area contributed by atoms with E-state index in [9.17, 15) is 0 Å². The largest absolute Gasteiger partial charge is 0.516 e. The van der Waals surface area contributed by atoms with Crippen LogP contribution >= 0.6 is 31.9 Å². The van der Waals surface area contributed by atoms with Gasteiger partial charge in [-0.05, 0) is 18.9 Å². The summed E-state index contributed by atoms with van der Waals surface area (Å²) < 4.78 is 0. The zero-order valence-corrected chi connectivity index (χ0v) is 9.64. The van der Waals surface area contributed by atoms with Crippen LogP contribution < -0.4 is 0 Å². The van der Waals surface area contributed by atoms with Gasteiger partial charge in [0.25, 0.3) is 0 Å².